The van der Waals surface area contributed by atoms with Crippen LogP contribution in [0.25, 0.3) is 0 Å². The van der Waals surface area contributed by atoms with Gasteiger partial charge in [0, 0.05) is 19.5 Å². The number of ether oxygens (including phenoxy) is 1. The fraction of sp³-hybridized carbons (Fsp3) is 0.676. The highest BCUT2D eigenvalue weighted by Crippen LogP contribution is 2.65. The molecule has 6 atom stereocenters. The summed E-state index contributed by atoms with van der Waals surface area (Å²) in [5.41, 5.74) is -1.18. The molecule has 0 aromatic heterocycles. The van der Waals surface area contributed by atoms with Crippen LogP contribution in [0.4, 0.5) is 13.6 Å². The second-order valence-corrected chi connectivity index (χ2v) is 16.8. The monoisotopic (exact) mass is 735 g/mol. The van der Waals surface area contributed by atoms with Crippen LogP contribution in [0.3, 0.4) is 0 Å². The number of nitrogens with zero attached hydrogens (tertiary/aromatic N) is 1. The van der Waals surface area contributed by atoms with E-state index in [0.29, 0.717) is 5.56 Å². The van der Waals surface area contributed by atoms with E-state index >= 15 is 0 Å². The highest BCUT2D eigenvalue weighted by Gasteiger charge is 2.70. The predicted molar refractivity (Wildman–Crippen MR) is 188 cm³/mol. The molecule has 1 saturated heterocycles. The molecule has 3 rings (SSSR count). The second-order valence-electron chi connectivity index (χ2n) is 16.8. The highest BCUT2D eigenvalue weighted by atomic mass is 19.3. The number of carboxylic acids is 1. The van der Waals surface area contributed by atoms with Gasteiger partial charge < -0.3 is 36.0 Å². The summed E-state index contributed by atoms with van der Waals surface area (Å²) in [6, 6.07) is 0.370. The number of carboxylic acid groups (broad SMARTS) is 1. The van der Waals surface area contributed by atoms with Gasteiger partial charge in [-0.25, -0.2) is 23.2 Å². The number of rotatable bonds is 14. The molecule has 5 N–H and O–H groups in total. The van der Waals surface area contributed by atoms with Crippen LogP contribution >= 0.6 is 0 Å². The Balaban J connectivity index is 1.77. The molecular formula is C37H55F2N5O8. The van der Waals surface area contributed by atoms with Crippen LogP contribution in [0, 0.1) is 28.6 Å². The summed E-state index contributed by atoms with van der Waals surface area (Å²) in [7, 11) is 0. The number of benzene rings is 1. The number of amides is 5. The number of nitrogens with one attached hydrogen (secondary N) is 4. The predicted octanol–water partition coefficient (Wildman–Crippen LogP) is 3.75. The molecule has 2 aliphatic rings. The number of hydrogen-bond acceptors (Lipinski definition) is 7. The number of halogens is 2. The molecule has 2 fully saturated rings. The SMILES string of the molecule is CC(C)[C@H](NC(=O)N[C@H](C(=O)N1C[C@H]2[C@@H]([C@H]1C(=O)NC(CC(F)F)C(=O)NCCc1ccc(C(=O)O)cc1)C2(C)C)C(C)(C)C)C(=O)OC(C)(C)C. The lowest BCUT2D eigenvalue weighted by atomic mass is 9.85. The Labute approximate surface area is 304 Å². The lowest BCUT2D eigenvalue weighted by Crippen LogP contribution is -2.62. The van der Waals surface area contributed by atoms with Crippen molar-refractivity contribution < 1.29 is 47.4 Å². The molecule has 1 aliphatic carbocycles. The number of alkyl halides is 2. The Hall–Kier alpha value is -4.30. The largest absolute Gasteiger partial charge is 0.478 e. The number of hydrogen-bond donors (Lipinski definition) is 5. The van der Waals surface area contributed by atoms with Crippen molar-refractivity contribution in [2.24, 2.45) is 28.6 Å². The van der Waals surface area contributed by atoms with E-state index in [1.54, 1.807) is 67.5 Å². The first-order valence-corrected chi connectivity index (χ1v) is 17.6. The van der Waals surface area contributed by atoms with Gasteiger partial charge in [-0.15, -0.1) is 0 Å². The molecular weight excluding hydrogens is 680 g/mol. The van der Waals surface area contributed by atoms with E-state index in [1.165, 1.54) is 17.0 Å². The van der Waals surface area contributed by atoms with Crippen LogP contribution < -0.4 is 21.3 Å². The van der Waals surface area contributed by atoms with E-state index in [-0.39, 0.29) is 48.2 Å². The molecule has 1 aromatic carbocycles. The van der Waals surface area contributed by atoms with Crippen LogP contribution in [-0.2, 0) is 30.3 Å². The van der Waals surface area contributed by atoms with Gasteiger partial charge >= 0.3 is 18.0 Å². The molecule has 1 saturated carbocycles. The molecule has 52 heavy (non-hydrogen) atoms. The number of fused-ring (bicyclic) bond motifs is 1. The van der Waals surface area contributed by atoms with E-state index in [9.17, 15) is 37.5 Å². The third-order valence-corrected chi connectivity index (χ3v) is 9.72. The van der Waals surface area contributed by atoms with Crippen molar-refractivity contribution >= 4 is 35.7 Å². The molecule has 13 nitrogen and oxygen atoms in total. The maximum absolute atomic E-state index is 14.3. The number of aromatic carboxylic acids is 1. The number of piperidine rings is 1. The third kappa shape index (κ3) is 10.6. The molecule has 0 spiro atoms. The van der Waals surface area contributed by atoms with Crippen LogP contribution in [-0.4, -0.2) is 95.0 Å². The van der Waals surface area contributed by atoms with Gasteiger partial charge in [0.1, 0.15) is 29.8 Å². The first kappa shape index (κ1) is 42.1. The van der Waals surface area contributed by atoms with Crippen molar-refractivity contribution in [2.75, 3.05) is 13.1 Å². The summed E-state index contributed by atoms with van der Waals surface area (Å²) in [4.78, 5) is 80.0. The Morgan fingerprint density at radius 3 is 2.06 bits per heavy atom. The van der Waals surface area contributed by atoms with Gasteiger partial charge in [0.15, 0.2) is 0 Å². The van der Waals surface area contributed by atoms with Crippen molar-refractivity contribution in [3.8, 4) is 0 Å². The zero-order valence-electron chi connectivity index (χ0n) is 31.8. The minimum absolute atomic E-state index is 0.0409. The van der Waals surface area contributed by atoms with Crippen molar-refractivity contribution in [1.29, 1.82) is 0 Å². The fourth-order valence-electron chi connectivity index (χ4n) is 6.74. The second kappa shape index (κ2) is 16.2. The number of esters is 1. The smallest absolute Gasteiger partial charge is 0.335 e. The van der Waals surface area contributed by atoms with Crippen LogP contribution in [0.5, 0.6) is 0 Å². The molecule has 15 heteroatoms. The Morgan fingerprint density at radius 1 is 0.962 bits per heavy atom. The number of likely N-dealkylation sites (tertiary alicyclic amines) is 1. The van der Waals surface area contributed by atoms with Gasteiger partial charge in [0.05, 0.1) is 5.56 Å². The van der Waals surface area contributed by atoms with Crippen molar-refractivity contribution in [1.82, 2.24) is 26.2 Å². The van der Waals surface area contributed by atoms with Crippen LogP contribution in [0.15, 0.2) is 24.3 Å². The van der Waals surface area contributed by atoms with Crippen molar-refractivity contribution in [2.45, 2.75) is 118 Å². The first-order valence-electron chi connectivity index (χ1n) is 17.6. The molecule has 1 unspecified atom stereocenters. The lowest BCUT2D eigenvalue weighted by molar-refractivity contribution is -0.158. The first-order chi connectivity index (χ1) is 23.8. The van der Waals surface area contributed by atoms with E-state index in [2.05, 4.69) is 21.3 Å². The number of carbonyl (C=O) groups excluding carboxylic acids is 5. The Morgan fingerprint density at radius 2 is 1.56 bits per heavy atom. The number of urea groups is 1. The quantitative estimate of drug-likeness (QED) is 0.179. The highest BCUT2D eigenvalue weighted by molar-refractivity contribution is 5.96. The average molecular weight is 736 g/mol. The molecule has 5 amide bonds. The van der Waals surface area contributed by atoms with Crippen molar-refractivity contribution in [3.05, 3.63) is 35.4 Å². The van der Waals surface area contributed by atoms with Crippen LogP contribution in [0.2, 0.25) is 0 Å². The van der Waals surface area contributed by atoms with E-state index in [4.69, 9.17) is 9.84 Å². The summed E-state index contributed by atoms with van der Waals surface area (Å²) in [5.74, 6) is -4.58. The lowest BCUT2D eigenvalue weighted by Gasteiger charge is -2.38. The summed E-state index contributed by atoms with van der Waals surface area (Å²) >= 11 is 0. The molecule has 290 valence electrons. The molecule has 1 aliphatic heterocycles. The van der Waals surface area contributed by atoms with Gasteiger partial charge in [0.2, 0.25) is 24.1 Å². The van der Waals surface area contributed by atoms with E-state index in [1.807, 2.05) is 13.8 Å². The maximum Gasteiger partial charge on any atom is 0.335 e. The molecule has 1 heterocycles. The van der Waals surface area contributed by atoms with Gasteiger partial charge in [0.25, 0.3) is 0 Å². The summed E-state index contributed by atoms with van der Waals surface area (Å²) < 4.78 is 32.8. The van der Waals surface area contributed by atoms with Gasteiger partial charge in [-0.1, -0.05) is 60.6 Å². The minimum Gasteiger partial charge on any atom is -0.478 e. The minimum atomic E-state index is -2.92. The summed E-state index contributed by atoms with van der Waals surface area (Å²) in [6.07, 6.45) is -3.59. The van der Waals surface area contributed by atoms with Gasteiger partial charge in [-0.3, -0.25) is 14.4 Å². The van der Waals surface area contributed by atoms with Crippen molar-refractivity contribution in [3.63, 3.8) is 0 Å². The van der Waals surface area contributed by atoms with E-state index in [0.717, 1.165) is 0 Å². The molecule has 0 bridgehead atoms. The normalized spacial score (nSPS) is 21.0. The van der Waals surface area contributed by atoms with E-state index < -0.39 is 83.7 Å². The zero-order valence-corrected chi connectivity index (χ0v) is 31.8. The van der Waals surface area contributed by atoms with Gasteiger partial charge in [-0.05, 0) is 73.5 Å². The third-order valence-electron chi connectivity index (χ3n) is 9.72. The fourth-order valence-corrected chi connectivity index (χ4v) is 6.74. The zero-order chi connectivity index (χ0) is 39.5. The maximum atomic E-state index is 14.3. The summed E-state index contributed by atoms with van der Waals surface area (Å²) in [6.45, 7) is 18.0. The standard InChI is InChI=1S/C37H55F2N5O8/c1-19(2)26(33(50)52-36(6,7)8)42-34(51)43-28(35(3,4)5)31(47)44-18-22-25(37(22,9)10)27(44)30(46)41-23(17-24(38)39)29(45)40-16-15-20-11-13-21(14-12-20)32(48)49/h11-14,19,22-28H,15-18H2,1-10H3,(H,40,45)(H,41,46)(H,48,49)(H2,42,43,51)/t22-,23?,25-,26-,27-,28+/m0/s1. The Kier molecular flexibility index (Phi) is 13.1. The van der Waals surface area contributed by atoms with Gasteiger partial charge in [-0.2, -0.15) is 0 Å². The molecule has 0 radical (unpaired) electrons. The molecule has 1 aromatic rings. The average Bonchev–Trinajstić information content (AvgIpc) is 3.31. The number of carbonyl (C=O) groups is 6. The summed E-state index contributed by atoms with van der Waals surface area (Å²) in [5, 5.41) is 19.5. The Bertz CT molecular complexity index is 1500. The van der Waals surface area contributed by atoms with Crippen LogP contribution in [0.1, 0.15) is 91.6 Å². The topological polar surface area (TPSA) is 183 Å².